The third kappa shape index (κ3) is 3.60. The summed E-state index contributed by atoms with van der Waals surface area (Å²) in [6.07, 6.45) is 1.83. The van der Waals surface area contributed by atoms with Crippen LogP contribution in [0.1, 0.15) is 19.4 Å². The van der Waals surface area contributed by atoms with Crippen molar-refractivity contribution in [2.45, 2.75) is 20.8 Å². The van der Waals surface area contributed by atoms with Gasteiger partial charge in [-0.25, -0.2) is 4.98 Å². The number of nitrogens with two attached hydrogens (primary N) is 1. The molecule has 0 saturated heterocycles. The van der Waals surface area contributed by atoms with Crippen molar-refractivity contribution in [3.63, 3.8) is 0 Å². The maximum Gasteiger partial charge on any atom is 0.143 e. The van der Waals surface area contributed by atoms with E-state index in [1.54, 1.807) is 0 Å². The minimum absolute atomic E-state index is 0.0371. The topological polar surface area (TPSA) is 74.7 Å². The van der Waals surface area contributed by atoms with Gasteiger partial charge in [0.1, 0.15) is 11.7 Å². The van der Waals surface area contributed by atoms with Gasteiger partial charge in [-0.2, -0.15) is 0 Å². The summed E-state index contributed by atoms with van der Waals surface area (Å²) in [7, 11) is 0. The molecule has 1 aromatic heterocycles. The Kier molecular flexibility index (Phi) is 5.40. The van der Waals surface area contributed by atoms with Gasteiger partial charge >= 0.3 is 0 Å². The van der Waals surface area contributed by atoms with Crippen molar-refractivity contribution in [1.82, 2.24) is 4.98 Å². The summed E-state index contributed by atoms with van der Waals surface area (Å²) >= 11 is 3.52. The van der Waals surface area contributed by atoms with Gasteiger partial charge in [0.05, 0.1) is 4.47 Å². The molecule has 0 spiro atoms. The fourth-order valence-electron chi connectivity index (χ4n) is 1.65. The molecule has 0 aliphatic heterocycles. The quantitative estimate of drug-likeness (QED) is 0.378. The van der Waals surface area contributed by atoms with Crippen molar-refractivity contribution >= 4 is 27.6 Å². The minimum atomic E-state index is -0.0371. The number of hydrogen-bond donors (Lipinski definition) is 2. The summed E-state index contributed by atoms with van der Waals surface area (Å²) in [5, 5.41) is 11.7. The number of halogens is 1. The van der Waals surface area contributed by atoms with Gasteiger partial charge in [-0.05, 0) is 41.4 Å². The molecule has 0 fully saturated rings. The molecule has 1 atom stereocenters. The van der Waals surface area contributed by atoms with Crippen LogP contribution in [0.3, 0.4) is 0 Å². The summed E-state index contributed by atoms with van der Waals surface area (Å²) in [4.78, 5) is 6.51. The van der Waals surface area contributed by atoms with Gasteiger partial charge in [-0.3, -0.25) is 0 Å². The Bertz CT molecular complexity index is 436. The summed E-state index contributed by atoms with van der Waals surface area (Å²) in [5.74, 6) is 1.07. The summed E-state index contributed by atoms with van der Waals surface area (Å²) < 4.78 is 0.955. The smallest absolute Gasteiger partial charge is 0.143 e. The number of pyridine rings is 1. The van der Waals surface area contributed by atoms with Gasteiger partial charge < -0.3 is 15.8 Å². The zero-order chi connectivity index (χ0) is 13.7. The van der Waals surface area contributed by atoms with E-state index in [1.165, 1.54) is 0 Å². The molecule has 3 N–H and O–H groups in total. The highest BCUT2D eigenvalue weighted by molar-refractivity contribution is 9.10. The van der Waals surface area contributed by atoms with E-state index in [-0.39, 0.29) is 11.8 Å². The van der Waals surface area contributed by atoms with Gasteiger partial charge in [-0.15, -0.1) is 0 Å². The first kappa shape index (κ1) is 14.8. The average Bonchev–Trinajstić information content (AvgIpc) is 2.35. The van der Waals surface area contributed by atoms with Gasteiger partial charge in [0.25, 0.3) is 0 Å². The number of nitrogens with zero attached hydrogens (tertiary/aromatic N) is 3. The lowest BCUT2D eigenvalue weighted by Gasteiger charge is -2.26. The largest absolute Gasteiger partial charge is 0.409 e. The molecule has 5 nitrogen and oxygen atoms in total. The predicted octanol–water partition coefficient (Wildman–Crippen LogP) is 2.36. The Labute approximate surface area is 116 Å². The molecule has 6 heteroatoms. The van der Waals surface area contributed by atoms with Crippen molar-refractivity contribution in [1.29, 1.82) is 0 Å². The van der Waals surface area contributed by atoms with Crippen LogP contribution in [0, 0.1) is 12.8 Å². The van der Waals surface area contributed by atoms with E-state index in [0.717, 1.165) is 22.4 Å². The Morgan fingerprint density at radius 2 is 2.33 bits per heavy atom. The van der Waals surface area contributed by atoms with Crippen LogP contribution in [0.4, 0.5) is 5.82 Å². The molecule has 0 saturated carbocycles. The molecule has 0 aromatic carbocycles. The Morgan fingerprint density at radius 1 is 1.67 bits per heavy atom. The number of anilines is 1. The first-order valence-electron chi connectivity index (χ1n) is 5.84. The third-order valence-corrected chi connectivity index (χ3v) is 3.34. The lowest BCUT2D eigenvalue weighted by molar-refractivity contribution is 0.314. The van der Waals surface area contributed by atoms with Crippen LogP contribution in [0.2, 0.25) is 0 Å². The molecule has 0 bridgehead atoms. The maximum atomic E-state index is 8.67. The second kappa shape index (κ2) is 6.58. The molecule has 100 valence electrons. The number of aryl methyl sites for hydroxylation is 1. The molecule has 0 aliphatic carbocycles. The Hall–Kier alpha value is -1.30. The van der Waals surface area contributed by atoms with Crippen molar-refractivity contribution < 1.29 is 5.21 Å². The fraction of sp³-hybridized carbons (Fsp3) is 0.500. The molecule has 0 amide bonds. The number of oxime groups is 1. The van der Waals surface area contributed by atoms with Crippen LogP contribution in [0.15, 0.2) is 21.9 Å². The van der Waals surface area contributed by atoms with Crippen molar-refractivity contribution in [3.05, 3.63) is 22.3 Å². The van der Waals surface area contributed by atoms with Crippen LogP contribution in [0.5, 0.6) is 0 Å². The van der Waals surface area contributed by atoms with Crippen LogP contribution in [0.25, 0.3) is 0 Å². The second-order valence-corrected chi connectivity index (χ2v) is 5.14. The maximum absolute atomic E-state index is 8.67. The molecule has 18 heavy (non-hydrogen) atoms. The zero-order valence-corrected chi connectivity index (χ0v) is 12.5. The van der Waals surface area contributed by atoms with E-state index in [9.17, 15) is 0 Å². The molecule has 1 aromatic rings. The SMILES string of the molecule is CCN(CC(C)C(N)=NO)c1ncc(C)cc1Br. The van der Waals surface area contributed by atoms with Crippen molar-refractivity contribution in [2.75, 3.05) is 18.0 Å². The van der Waals surface area contributed by atoms with E-state index < -0.39 is 0 Å². The molecular weight excluding hydrogens is 296 g/mol. The van der Waals surface area contributed by atoms with Crippen LogP contribution in [-0.4, -0.2) is 29.1 Å². The fourth-order valence-corrected chi connectivity index (χ4v) is 2.36. The van der Waals surface area contributed by atoms with Crippen molar-refractivity contribution in [3.8, 4) is 0 Å². The molecule has 0 aliphatic rings. The van der Waals surface area contributed by atoms with E-state index in [4.69, 9.17) is 10.9 Å². The van der Waals surface area contributed by atoms with Crippen LogP contribution in [-0.2, 0) is 0 Å². The van der Waals surface area contributed by atoms with Gasteiger partial charge in [0, 0.05) is 25.2 Å². The average molecular weight is 315 g/mol. The molecular formula is C12H19BrN4O. The highest BCUT2D eigenvalue weighted by Gasteiger charge is 2.16. The van der Waals surface area contributed by atoms with E-state index in [0.29, 0.717) is 6.54 Å². The number of hydrogen-bond acceptors (Lipinski definition) is 4. The normalized spacial score (nSPS) is 13.4. The molecule has 1 rings (SSSR count). The molecule has 1 heterocycles. The summed E-state index contributed by atoms with van der Waals surface area (Å²) in [5.41, 5.74) is 6.70. The molecule has 1 unspecified atom stereocenters. The van der Waals surface area contributed by atoms with Crippen LogP contribution >= 0.6 is 15.9 Å². The predicted molar refractivity (Wildman–Crippen MR) is 77.1 cm³/mol. The first-order chi connectivity index (χ1) is 8.49. The van der Waals surface area contributed by atoms with Gasteiger partial charge in [0.2, 0.25) is 0 Å². The van der Waals surface area contributed by atoms with E-state index >= 15 is 0 Å². The van der Waals surface area contributed by atoms with Crippen molar-refractivity contribution in [2.24, 2.45) is 16.8 Å². The van der Waals surface area contributed by atoms with Gasteiger partial charge in [-0.1, -0.05) is 12.1 Å². The Morgan fingerprint density at radius 3 is 2.83 bits per heavy atom. The lowest BCUT2D eigenvalue weighted by Crippen LogP contribution is -2.35. The number of amidine groups is 1. The Balaban J connectivity index is 2.89. The monoisotopic (exact) mass is 314 g/mol. The lowest BCUT2D eigenvalue weighted by atomic mass is 10.1. The van der Waals surface area contributed by atoms with E-state index in [1.807, 2.05) is 33.0 Å². The number of aromatic nitrogens is 1. The third-order valence-electron chi connectivity index (χ3n) is 2.75. The first-order valence-corrected chi connectivity index (χ1v) is 6.63. The highest BCUT2D eigenvalue weighted by atomic mass is 79.9. The standard InChI is InChI=1S/C12H19BrN4O/c1-4-17(7-9(3)11(14)16-18)12-10(13)5-8(2)6-15-12/h5-6,9,18H,4,7H2,1-3H3,(H2,14,16). The number of rotatable bonds is 5. The van der Waals surface area contributed by atoms with E-state index in [2.05, 4.69) is 31.0 Å². The summed E-state index contributed by atoms with van der Waals surface area (Å²) in [6, 6.07) is 2.03. The van der Waals surface area contributed by atoms with Gasteiger partial charge in [0.15, 0.2) is 0 Å². The second-order valence-electron chi connectivity index (χ2n) is 4.28. The highest BCUT2D eigenvalue weighted by Crippen LogP contribution is 2.25. The zero-order valence-electron chi connectivity index (χ0n) is 10.9. The van der Waals surface area contributed by atoms with Crippen LogP contribution < -0.4 is 10.6 Å². The minimum Gasteiger partial charge on any atom is -0.409 e. The summed E-state index contributed by atoms with van der Waals surface area (Å²) in [6.45, 7) is 7.42. The molecule has 0 radical (unpaired) electrons.